The topological polar surface area (TPSA) is 74.7 Å². The third-order valence-electron chi connectivity index (χ3n) is 5.17. The molecule has 1 N–H and O–H groups in total. The maximum atomic E-state index is 12.3. The molecule has 5 nitrogen and oxygen atoms in total. The zero-order chi connectivity index (χ0) is 13.8. The first-order valence-electron chi connectivity index (χ1n) is 7.07. The van der Waals surface area contributed by atoms with Crippen LogP contribution >= 0.6 is 0 Å². The molecular weight excluding hydrogens is 246 g/mol. The molecule has 0 radical (unpaired) electrons. The van der Waals surface area contributed by atoms with Crippen molar-refractivity contribution >= 4 is 17.8 Å². The molecule has 1 heterocycles. The molecule has 2 atom stereocenters. The molecule has 2 amide bonds. The predicted molar refractivity (Wildman–Crippen MR) is 66.0 cm³/mol. The maximum absolute atomic E-state index is 12.3. The maximum Gasteiger partial charge on any atom is 0.311 e. The highest BCUT2D eigenvalue weighted by molar-refractivity contribution is 6.06. The van der Waals surface area contributed by atoms with E-state index in [-0.39, 0.29) is 30.2 Å². The van der Waals surface area contributed by atoms with Crippen LogP contribution in [0.1, 0.15) is 39.0 Å². The Hall–Kier alpha value is -1.39. The van der Waals surface area contributed by atoms with Crippen LogP contribution in [-0.4, -0.2) is 34.3 Å². The van der Waals surface area contributed by atoms with Gasteiger partial charge in [-0.1, -0.05) is 13.3 Å². The smallest absolute Gasteiger partial charge is 0.311 e. The fraction of sp³-hybridized carbons (Fsp3) is 0.786. The summed E-state index contributed by atoms with van der Waals surface area (Å²) >= 11 is 0. The number of hydrogen-bond acceptors (Lipinski definition) is 3. The summed E-state index contributed by atoms with van der Waals surface area (Å²) in [6, 6.07) is 0. The van der Waals surface area contributed by atoms with Gasteiger partial charge < -0.3 is 5.11 Å². The fourth-order valence-corrected chi connectivity index (χ4v) is 3.58. The van der Waals surface area contributed by atoms with E-state index in [1.807, 2.05) is 0 Å². The van der Waals surface area contributed by atoms with Gasteiger partial charge in [0.1, 0.15) is 0 Å². The summed E-state index contributed by atoms with van der Waals surface area (Å²) in [6.45, 7) is 2.17. The molecule has 1 aliphatic heterocycles. The summed E-state index contributed by atoms with van der Waals surface area (Å²) in [7, 11) is 0. The molecule has 2 aliphatic carbocycles. The first kappa shape index (κ1) is 12.6. The standard InChI is InChI=1S/C14H19NO4/c1-2-8-5-9-10(6-8)12(17)15(11(9)16)7-14(3-4-14)13(18)19/h8-10H,2-7H2,1H3,(H,18,19). The largest absolute Gasteiger partial charge is 0.481 e. The highest BCUT2D eigenvalue weighted by atomic mass is 16.4. The first-order chi connectivity index (χ1) is 8.98. The number of hydrogen-bond donors (Lipinski definition) is 1. The number of aliphatic carboxylic acids is 1. The average molecular weight is 265 g/mol. The molecular formula is C14H19NO4. The summed E-state index contributed by atoms with van der Waals surface area (Å²) in [6.07, 6.45) is 3.75. The van der Waals surface area contributed by atoms with E-state index in [0.717, 1.165) is 19.3 Å². The molecule has 1 saturated heterocycles. The number of carboxylic acid groups (broad SMARTS) is 1. The van der Waals surface area contributed by atoms with Crippen molar-refractivity contribution in [1.82, 2.24) is 4.90 Å². The van der Waals surface area contributed by atoms with Gasteiger partial charge in [-0.3, -0.25) is 19.3 Å². The van der Waals surface area contributed by atoms with E-state index in [4.69, 9.17) is 0 Å². The summed E-state index contributed by atoms with van der Waals surface area (Å²) in [4.78, 5) is 37.0. The minimum Gasteiger partial charge on any atom is -0.481 e. The monoisotopic (exact) mass is 265 g/mol. The van der Waals surface area contributed by atoms with Crippen molar-refractivity contribution in [2.45, 2.75) is 39.0 Å². The van der Waals surface area contributed by atoms with Crippen molar-refractivity contribution < 1.29 is 19.5 Å². The summed E-state index contributed by atoms with van der Waals surface area (Å²) in [5.41, 5.74) is -0.839. The molecule has 0 aromatic heterocycles. The molecule has 3 fully saturated rings. The van der Waals surface area contributed by atoms with Crippen LogP contribution in [0.15, 0.2) is 0 Å². The Balaban J connectivity index is 1.75. The van der Waals surface area contributed by atoms with Gasteiger partial charge >= 0.3 is 5.97 Å². The minimum absolute atomic E-state index is 0.0871. The Bertz CT molecular complexity index is 430. The second kappa shape index (κ2) is 4.05. The molecule has 2 unspecified atom stereocenters. The summed E-state index contributed by atoms with van der Waals surface area (Å²) < 4.78 is 0. The van der Waals surface area contributed by atoms with Crippen molar-refractivity contribution in [3.8, 4) is 0 Å². The lowest BCUT2D eigenvalue weighted by Crippen LogP contribution is -2.39. The van der Waals surface area contributed by atoms with Crippen molar-refractivity contribution in [2.24, 2.45) is 23.2 Å². The third-order valence-corrected chi connectivity index (χ3v) is 5.17. The van der Waals surface area contributed by atoms with Gasteiger partial charge in [-0.2, -0.15) is 0 Å². The van der Waals surface area contributed by atoms with E-state index in [1.54, 1.807) is 0 Å². The Morgan fingerprint density at radius 3 is 2.16 bits per heavy atom. The van der Waals surface area contributed by atoms with Gasteiger partial charge in [-0.05, 0) is 31.6 Å². The van der Waals surface area contributed by atoms with Crippen LogP contribution < -0.4 is 0 Å². The number of carbonyl (C=O) groups is 3. The van der Waals surface area contributed by atoms with Crippen molar-refractivity contribution in [3.63, 3.8) is 0 Å². The van der Waals surface area contributed by atoms with E-state index >= 15 is 0 Å². The zero-order valence-electron chi connectivity index (χ0n) is 11.1. The molecule has 104 valence electrons. The van der Waals surface area contributed by atoms with Gasteiger partial charge in [0.2, 0.25) is 11.8 Å². The van der Waals surface area contributed by atoms with Crippen LogP contribution in [0.5, 0.6) is 0 Å². The minimum atomic E-state index is -0.878. The Morgan fingerprint density at radius 1 is 1.26 bits per heavy atom. The van der Waals surface area contributed by atoms with Crippen LogP contribution in [-0.2, 0) is 14.4 Å². The lowest BCUT2D eigenvalue weighted by atomic mass is 10.00. The number of rotatable bonds is 4. The zero-order valence-corrected chi connectivity index (χ0v) is 11.1. The second-order valence-electron chi connectivity index (χ2n) is 6.31. The Morgan fingerprint density at radius 2 is 1.79 bits per heavy atom. The van der Waals surface area contributed by atoms with E-state index < -0.39 is 11.4 Å². The van der Waals surface area contributed by atoms with Crippen molar-refractivity contribution in [2.75, 3.05) is 6.54 Å². The fourth-order valence-electron chi connectivity index (χ4n) is 3.58. The molecule has 0 aromatic rings. The lowest BCUT2D eigenvalue weighted by molar-refractivity contribution is -0.147. The van der Waals surface area contributed by atoms with Gasteiger partial charge in [0.25, 0.3) is 0 Å². The van der Waals surface area contributed by atoms with E-state index in [0.29, 0.717) is 18.8 Å². The van der Waals surface area contributed by atoms with E-state index in [1.165, 1.54) is 4.90 Å². The number of fused-ring (bicyclic) bond motifs is 1. The third kappa shape index (κ3) is 1.78. The summed E-state index contributed by atoms with van der Waals surface area (Å²) in [5, 5.41) is 9.17. The summed E-state index contributed by atoms with van der Waals surface area (Å²) in [5.74, 6) is -1.02. The molecule has 3 aliphatic rings. The molecule has 19 heavy (non-hydrogen) atoms. The molecule has 5 heteroatoms. The Kier molecular flexibility index (Phi) is 2.69. The van der Waals surface area contributed by atoms with Crippen LogP contribution in [0.4, 0.5) is 0 Å². The average Bonchev–Trinajstić information content (AvgIpc) is 2.99. The van der Waals surface area contributed by atoms with Crippen LogP contribution in [0, 0.1) is 23.2 Å². The highest BCUT2D eigenvalue weighted by Gasteiger charge is 2.58. The van der Waals surface area contributed by atoms with Crippen LogP contribution in [0.25, 0.3) is 0 Å². The predicted octanol–water partition coefficient (Wildman–Crippen LogP) is 1.27. The number of carboxylic acids is 1. The number of likely N-dealkylation sites (tertiary alicyclic amines) is 1. The van der Waals surface area contributed by atoms with Gasteiger partial charge in [0, 0.05) is 6.54 Å². The second-order valence-corrected chi connectivity index (χ2v) is 6.31. The normalized spacial score (nSPS) is 35.6. The van der Waals surface area contributed by atoms with Gasteiger partial charge in [0.05, 0.1) is 17.3 Å². The van der Waals surface area contributed by atoms with Crippen LogP contribution in [0.2, 0.25) is 0 Å². The van der Waals surface area contributed by atoms with Crippen molar-refractivity contribution in [3.05, 3.63) is 0 Å². The van der Waals surface area contributed by atoms with Gasteiger partial charge in [-0.25, -0.2) is 0 Å². The molecule has 0 aromatic carbocycles. The molecule has 0 spiro atoms. The van der Waals surface area contributed by atoms with E-state index in [9.17, 15) is 19.5 Å². The lowest BCUT2D eigenvalue weighted by Gasteiger charge is -2.21. The number of amides is 2. The number of carbonyl (C=O) groups excluding carboxylic acids is 2. The quantitative estimate of drug-likeness (QED) is 0.777. The van der Waals surface area contributed by atoms with E-state index in [2.05, 4.69) is 6.92 Å². The molecule has 2 saturated carbocycles. The Labute approximate surface area is 112 Å². The van der Waals surface area contributed by atoms with Crippen molar-refractivity contribution in [1.29, 1.82) is 0 Å². The molecule has 3 rings (SSSR count). The van der Waals surface area contributed by atoms with Gasteiger partial charge in [-0.15, -0.1) is 0 Å². The SMILES string of the molecule is CCC1CC2C(=O)N(CC3(C(=O)O)CC3)C(=O)C2C1. The molecule has 0 bridgehead atoms. The number of imide groups is 1. The van der Waals surface area contributed by atoms with Gasteiger partial charge in [0.15, 0.2) is 0 Å². The van der Waals surface area contributed by atoms with Crippen LogP contribution in [0.3, 0.4) is 0 Å². The number of nitrogens with zero attached hydrogens (tertiary/aromatic N) is 1. The first-order valence-corrected chi connectivity index (χ1v) is 7.07. The highest BCUT2D eigenvalue weighted by Crippen LogP contribution is 2.50.